The smallest absolute Gasteiger partial charge is 0.322 e. The molecule has 11 heteroatoms. The van der Waals surface area contributed by atoms with Crippen molar-refractivity contribution < 1.29 is 29.4 Å². The minimum atomic E-state index is -1.20. The molecule has 3 atom stereocenters. The summed E-state index contributed by atoms with van der Waals surface area (Å²) in [5.74, 6) is -3.05. The van der Waals surface area contributed by atoms with Crippen LogP contribution in [0.2, 0.25) is 0 Å². The number of aliphatic hydroxyl groups is 1. The van der Waals surface area contributed by atoms with Gasteiger partial charge in [0.2, 0.25) is 17.7 Å². The maximum atomic E-state index is 12.7. The van der Waals surface area contributed by atoms with E-state index in [4.69, 9.17) is 21.7 Å². The standard InChI is InChI=1S/C17H33N5O6/c1-10(2)7-13(16(27)20-8-14(24)25)22-17(28)12(5-3-4-6-18)21-15(26)11(19)9-23/h10-13,23H,3-9,18-19H2,1-2H3,(H,20,27)(H,21,26)(H,22,28)(H,24,25). The van der Waals surface area contributed by atoms with E-state index in [1.165, 1.54) is 0 Å². The first-order valence-electron chi connectivity index (χ1n) is 9.29. The Bertz CT molecular complexity index is 528. The third-order valence-corrected chi connectivity index (χ3v) is 3.87. The molecule has 3 unspecified atom stereocenters. The summed E-state index contributed by atoms with van der Waals surface area (Å²) in [5.41, 5.74) is 10.9. The average Bonchev–Trinajstić information content (AvgIpc) is 2.63. The predicted octanol–water partition coefficient (Wildman–Crippen LogP) is -2.35. The number of carboxylic acids is 1. The number of nitrogens with one attached hydrogen (secondary N) is 3. The summed E-state index contributed by atoms with van der Waals surface area (Å²) >= 11 is 0. The largest absolute Gasteiger partial charge is 0.480 e. The average molecular weight is 403 g/mol. The van der Waals surface area contributed by atoms with Crippen LogP contribution >= 0.6 is 0 Å². The number of hydrogen-bond acceptors (Lipinski definition) is 7. The van der Waals surface area contributed by atoms with Crippen LogP contribution in [0.5, 0.6) is 0 Å². The Labute approximate surface area is 164 Å². The molecule has 0 aromatic rings. The van der Waals surface area contributed by atoms with Crippen molar-refractivity contribution in [2.24, 2.45) is 17.4 Å². The number of aliphatic hydroxyl groups excluding tert-OH is 1. The van der Waals surface area contributed by atoms with Crippen molar-refractivity contribution in [1.29, 1.82) is 0 Å². The van der Waals surface area contributed by atoms with Gasteiger partial charge in [0.25, 0.3) is 0 Å². The molecule has 0 fully saturated rings. The lowest BCUT2D eigenvalue weighted by molar-refractivity contribution is -0.138. The van der Waals surface area contributed by atoms with Gasteiger partial charge in [0.05, 0.1) is 6.61 Å². The Hall–Kier alpha value is -2.24. The van der Waals surface area contributed by atoms with Gasteiger partial charge in [0.1, 0.15) is 24.7 Å². The lowest BCUT2D eigenvalue weighted by atomic mass is 10.0. The Balaban J connectivity index is 5.16. The van der Waals surface area contributed by atoms with E-state index >= 15 is 0 Å². The molecule has 11 nitrogen and oxygen atoms in total. The molecule has 0 saturated heterocycles. The molecule has 162 valence electrons. The van der Waals surface area contributed by atoms with Crippen LogP contribution in [-0.2, 0) is 19.2 Å². The number of carbonyl (C=O) groups is 4. The summed E-state index contributed by atoms with van der Waals surface area (Å²) in [6, 6.07) is -3.08. The molecule has 0 rings (SSSR count). The van der Waals surface area contributed by atoms with Crippen molar-refractivity contribution in [3.05, 3.63) is 0 Å². The first kappa shape index (κ1) is 25.8. The van der Waals surface area contributed by atoms with E-state index < -0.39 is 55.0 Å². The van der Waals surface area contributed by atoms with Crippen molar-refractivity contribution in [1.82, 2.24) is 16.0 Å². The summed E-state index contributed by atoms with van der Waals surface area (Å²) in [7, 11) is 0. The number of carbonyl (C=O) groups excluding carboxylic acids is 3. The number of rotatable bonds is 14. The number of hydrogen-bond donors (Lipinski definition) is 7. The minimum absolute atomic E-state index is 0.0500. The van der Waals surface area contributed by atoms with E-state index in [0.717, 1.165) is 0 Å². The molecule has 3 amide bonds. The van der Waals surface area contributed by atoms with Gasteiger partial charge in [-0.2, -0.15) is 0 Å². The number of carboxylic acid groups (broad SMARTS) is 1. The fourth-order valence-electron chi connectivity index (χ4n) is 2.38. The molecule has 0 radical (unpaired) electrons. The van der Waals surface area contributed by atoms with Gasteiger partial charge >= 0.3 is 5.97 Å². The monoisotopic (exact) mass is 403 g/mol. The van der Waals surface area contributed by atoms with Crippen LogP contribution in [0, 0.1) is 5.92 Å². The molecule has 28 heavy (non-hydrogen) atoms. The summed E-state index contributed by atoms with van der Waals surface area (Å²) in [6.07, 6.45) is 1.76. The molecular weight excluding hydrogens is 370 g/mol. The fraction of sp³-hybridized carbons (Fsp3) is 0.765. The topological polar surface area (TPSA) is 197 Å². The number of aliphatic carboxylic acids is 1. The molecule has 0 bridgehead atoms. The van der Waals surface area contributed by atoms with Crippen molar-refractivity contribution in [2.75, 3.05) is 19.7 Å². The van der Waals surface area contributed by atoms with Crippen LogP contribution < -0.4 is 27.4 Å². The first-order chi connectivity index (χ1) is 13.1. The highest BCUT2D eigenvalue weighted by Crippen LogP contribution is 2.07. The SMILES string of the molecule is CC(C)CC(NC(=O)C(CCCCN)NC(=O)C(N)CO)C(=O)NCC(=O)O. The van der Waals surface area contributed by atoms with Crippen molar-refractivity contribution in [3.63, 3.8) is 0 Å². The van der Waals surface area contributed by atoms with E-state index in [0.29, 0.717) is 19.4 Å². The van der Waals surface area contributed by atoms with E-state index in [2.05, 4.69) is 16.0 Å². The second kappa shape index (κ2) is 13.9. The van der Waals surface area contributed by atoms with Crippen LogP contribution in [0.1, 0.15) is 39.5 Å². The third kappa shape index (κ3) is 10.8. The zero-order valence-electron chi connectivity index (χ0n) is 16.4. The van der Waals surface area contributed by atoms with Gasteiger partial charge in [-0.1, -0.05) is 13.8 Å². The van der Waals surface area contributed by atoms with Crippen LogP contribution in [0.15, 0.2) is 0 Å². The summed E-state index contributed by atoms with van der Waals surface area (Å²) in [6.45, 7) is 2.99. The quantitative estimate of drug-likeness (QED) is 0.156. The molecule has 0 spiro atoms. The van der Waals surface area contributed by atoms with Gasteiger partial charge < -0.3 is 37.6 Å². The molecule has 9 N–H and O–H groups in total. The van der Waals surface area contributed by atoms with Gasteiger partial charge in [0, 0.05) is 0 Å². The zero-order chi connectivity index (χ0) is 21.7. The van der Waals surface area contributed by atoms with E-state index in [-0.39, 0.29) is 18.8 Å². The Kier molecular flexibility index (Phi) is 12.7. The molecule has 0 aliphatic rings. The first-order valence-corrected chi connectivity index (χ1v) is 9.29. The molecule has 0 heterocycles. The van der Waals surface area contributed by atoms with E-state index in [9.17, 15) is 19.2 Å². The molecule has 0 aromatic carbocycles. The molecule has 0 aromatic heterocycles. The van der Waals surface area contributed by atoms with Gasteiger partial charge in [-0.05, 0) is 38.1 Å². The normalized spacial score (nSPS) is 14.1. The third-order valence-electron chi connectivity index (χ3n) is 3.87. The summed E-state index contributed by atoms with van der Waals surface area (Å²) in [4.78, 5) is 47.5. The highest BCUT2D eigenvalue weighted by molar-refractivity contribution is 5.93. The fourth-order valence-corrected chi connectivity index (χ4v) is 2.38. The van der Waals surface area contributed by atoms with Crippen LogP contribution in [-0.4, -0.2) is 71.7 Å². The Morgan fingerprint density at radius 3 is 2.07 bits per heavy atom. The molecule has 0 aliphatic heterocycles. The number of nitrogens with two attached hydrogens (primary N) is 2. The summed E-state index contributed by atoms with van der Waals surface area (Å²) in [5, 5.41) is 25.0. The van der Waals surface area contributed by atoms with Crippen LogP contribution in [0.25, 0.3) is 0 Å². The van der Waals surface area contributed by atoms with Gasteiger partial charge in [-0.15, -0.1) is 0 Å². The van der Waals surface area contributed by atoms with Gasteiger partial charge in [-0.25, -0.2) is 0 Å². The highest BCUT2D eigenvalue weighted by atomic mass is 16.4. The number of unbranched alkanes of at least 4 members (excludes halogenated alkanes) is 1. The summed E-state index contributed by atoms with van der Waals surface area (Å²) < 4.78 is 0. The second-order valence-electron chi connectivity index (χ2n) is 6.94. The van der Waals surface area contributed by atoms with Crippen LogP contribution in [0.3, 0.4) is 0 Å². The van der Waals surface area contributed by atoms with Crippen LogP contribution in [0.4, 0.5) is 0 Å². The zero-order valence-corrected chi connectivity index (χ0v) is 16.4. The Morgan fingerprint density at radius 2 is 1.57 bits per heavy atom. The second-order valence-corrected chi connectivity index (χ2v) is 6.94. The maximum absolute atomic E-state index is 12.7. The van der Waals surface area contributed by atoms with E-state index in [1.54, 1.807) is 0 Å². The lowest BCUT2D eigenvalue weighted by Gasteiger charge is -2.24. The lowest BCUT2D eigenvalue weighted by Crippen LogP contribution is -2.56. The van der Waals surface area contributed by atoms with E-state index in [1.807, 2.05) is 13.8 Å². The Morgan fingerprint density at radius 1 is 0.964 bits per heavy atom. The number of amides is 3. The molecular formula is C17H33N5O6. The molecule has 0 aliphatic carbocycles. The van der Waals surface area contributed by atoms with Gasteiger partial charge in [-0.3, -0.25) is 19.2 Å². The predicted molar refractivity (Wildman–Crippen MR) is 102 cm³/mol. The van der Waals surface area contributed by atoms with Gasteiger partial charge in [0.15, 0.2) is 0 Å². The van der Waals surface area contributed by atoms with Crippen molar-refractivity contribution in [3.8, 4) is 0 Å². The molecule has 0 saturated carbocycles. The minimum Gasteiger partial charge on any atom is -0.480 e. The van der Waals surface area contributed by atoms with Crippen molar-refractivity contribution in [2.45, 2.75) is 57.7 Å². The maximum Gasteiger partial charge on any atom is 0.322 e. The van der Waals surface area contributed by atoms with Crippen molar-refractivity contribution >= 4 is 23.7 Å². The highest BCUT2D eigenvalue weighted by Gasteiger charge is 2.28.